The average molecular weight is 303 g/mol. The first-order valence-electron chi connectivity index (χ1n) is 7.77. The van der Waals surface area contributed by atoms with Crippen LogP contribution in [0.5, 0.6) is 0 Å². The highest BCUT2D eigenvalue weighted by Crippen LogP contribution is 2.24. The molecule has 0 aliphatic heterocycles. The largest absolute Gasteiger partial charge is 0.463 e. The van der Waals surface area contributed by atoms with Gasteiger partial charge in [0.1, 0.15) is 0 Å². The zero-order valence-corrected chi connectivity index (χ0v) is 14.6. The van der Waals surface area contributed by atoms with Crippen LogP contribution in [0.4, 0.5) is 0 Å². The summed E-state index contributed by atoms with van der Waals surface area (Å²) in [5.74, 6) is 0.506. The Kier molecular flexibility index (Phi) is 10.0. The molecule has 1 unspecified atom stereocenters. The van der Waals surface area contributed by atoms with Crippen LogP contribution in [-0.4, -0.2) is 17.5 Å². The molecule has 0 fully saturated rings. The molecule has 0 radical (unpaired) electrons. The van der Waals surface area contributed by atoms with Crippen molar-refractivity contribution in [1.82, 2.24) is 0 Å². The monoisotopic (exact) mass is 302 g/mol. The smallest absolute Gasteiger partial charge is 0.330 e. The maximum atomic E-state index is 11.3. The molecule has 0 N–H and O–H groups in total. The van der Waals surface area contributed by atoms with Gasteiger partial charge in [-0.3, -0.25) is 0 Å². The lowest BCUT2D eigenvalue weighted by Crippen LogP contribution is -2.10. The normalized spacial score (nSPS) is 14.2. The number of hydrogen-bond donors (Lipinski definition) is 0. The standard InChI is InChI=1S/C17H31ClO2/c1-6-20-16(19)13-15(3)10-7-9-14(2)11-8-12-17(4,5)18/h13-14H,6-12H2,1-5H3. The number of esters is 1. The molecule has 0 aromatic rings. The highest BCUT2D eigenvalue weighted by atomic mass is 35.5. The number of allylic oxidation sites excluding steroid dienone is 1. The minimum absolute atomic E-state index is 0.0707. The molecule has 0 rings (SSSR count). The van der Waals surface area contributed by atoms with E-state index in [1.54, 1.807) is 6.08 Å². The molecule has 0 aromatic carbocycles. The van der Waals surface area contributed by atoms with Gasteiger partial charge in [-0.2, -0.15) is 0 Å². The molecule has 0 aliphatic carbocycles. The van der Waals surface area contributed by atoms with Crippen molar-refractivity contribution in [1.29, 1.82) is 0 Å². The van der Waals surface area contributed by atoms with Crippen molar-refractivity contribution in [2.75, 3.05) is 6.61 Å². The van der Waals surface area contributed by atoms with Crippen LogP contribution in [0.15, 0.2) is 11.6 Å². The van der Waals surface area contributed by atoms with Gasteiger partial charge in [0, 0.05) is 11.0 Å². The van der Waals surface area contributed by atoms with Crippen LogP contribution in [0.2, 0.25) is 0 Å². The minimum atomic E-state index is -0.220. The summed E-state index contributed by atoms with van der Waals surface area (Å²) in [4.78, 5) is 11.2. The number of rotatable bonds is 10. The fourth-order valence-electron chi connectivity index (χ4n) is 2.20. The van der Waals surface area contributed by atoms with E-state index in [9.17, 15) is 4.79 Å². The van der Waals surface area contributed by atoms with Gasteiger partial charge < -0.3 is 4.74 Å². The molecule has 0 saturated heterocycles. The second-order valence-electron chi connectivity index (χ2n) is 6.35. The van der Waals surface area contributed by atoms with Gasteiger partial charge in [0.15, 0.2) is 0 Å². The number of ether oxygens (including phenoxy) is 1. The van der Waals surface area contributed by atoms with Crippen LogP contribution in [0.25, 0.3) is 0 Å². The zero-order chi connectivity index (χ0) is 15.6. The molecule has 1 atom stereocenters. The molecular formula is C17H31ClO2. The van der Waals surface area contributed by atoms with Crippen LogP contribution in [0.1, 0.15) is 73.1 Å². The van der Waals surface area contributed by atoms with E-state index in [0.29, 0.717) is 6.61 Å². The summed E-state index contributed by atoms with van der Waals surface area (Å²) >= 11 is 6.19. The van der Waals surface area contributed by atoms with Crippen molar-refractivity contribution < 1.29 is 9.53 Å². The summed E-state index contributed by atoms with van der Waals surface area (Å²) in [5.41, 5.74) is 1.11. The van der Waals surface area contributed by atoms with Gasteiger partial charge in [0.05, 0.1) is 6.61 Å². The number of alkyl halides is 1. The summed E-state index contributed by atoms with van der Waals surface area (Å²) in [6.45, 7) is 10.7. The van der Waals surface area contributed by atoms with Crippen LogP contribution >= 0.6 is 11.6 Å². The molecule has 0 amide bonds. The summed E-state index contributed by atoms with van der Waals surface area (Å²) in [7, 11) is 0. The summed E-state index contributed by atoms with van der Waals surface area (Å²) in [6.07, 6.45) is 8.42. The van der Waals surface area contributed by atoms with Crippen LogP contribution < -0.4 is 0 Å². The third-order valence-corrected chi connectivity index (χ3v) is 3.58. The van der Waals surface area contributed by atoms with Crippen molar-refractivity contribution in [3.63, 3.8) is 0 Å². The predicted molar refractivity (Wildman–Crippen MR) is 87.2 cm³/mol. The molecule has 2 nitrogen and oxygen atoms in total. The predicted octanol–water partition coefficient (Wildman–Crippen LogP) is 5.49. The quantitative estimate of drug-likeness (QED) is 0.303. The average Bonchev–Trinajstić information content (AvgIpc) is 2.27. The number of carbonyl (C=O) groups excluding carboxylic acids is 1. The first kappa shape index (κ1) is 19.5. The minimum Gasteiger partial charge on any atom is -0.463 e. The van der Waals surface area contributed by atoms with Gasteiger partial charge >= 0.3 is 5.97 Å². The molecule has 0 aromatic heterocycles. The lowest BCUT2D eigenvalue weighted by molar-refractivity contribution is -0.137. The Balaban J connectivity index is 3.75. The van der Waals surface area contributed by atoms with Gasteiger partial charge in [-0.1, -0.05) is 31.8 Å². The maximum Gasteiger partial charge on any atom is 0.330 e. The van der Waals surface area contributed by atoms with Gasteiger partial charge in [0.2, 0.25) is 0 Å². The Morgan fingerprint density at radius 3 is 2.45 bits per heavy atom. The first-order valence-corrected chi connectivity index (χ1v) is 8.15. The van der Waals surface area contributed by atoms with E-state index < -0.39 is 0 Å². The van der Waals surface area contributed by atoms with Crippen molar-refractivity contribution in [3.8, 4) is 0 Å². The highest BCUT2D eigenvalue weighted by Gasteiger charge is 2.13. The van der Waals surface area contributed by atoms with E-state index in [-0.39, 0.29) is 10.8 Å². The number of hydrogen-bond acceptors (Lipinski definition) is 2. The third kappa shape index (κ3) is 12.5. The maximum absolute atomic E-state index is 11.3. The number of halogens is 1. The topological polar surface area (TPSA) is 26.3 Å². The van der Waals surface area contributed by atoms with E-state index in [1.807, 2.05) is 13.8 Å². The first-order chi connectivity index (χ1) is 9.24. The van der Waals surface area contributed by atoms with Crippen molar-refractivity contribution in [3.05, 3.63) is 11.6 Å². The van der Waals surface area contributed by atoms with Gasteiger partial charge in [0.25, 0.3) is 0 Å². The lowest BCUT2D eigenvalue weighted by atomic mass is 9.94. The van der Waals surface area contributed by atoms with E-state index in [4.69, 9.17) is 16.3 Å². The Bertz CT molecular complexity index is 303. The molecule has 0 saturated carbocycles. The van der Waals surface area contributed by atoms with Crippen molar-refractivity contribution >= 4 is 17.6 Å². The van der Waals surface area contributed by atoms with Gasteiger partial charge in [-0.05, 0) is 52.9 Å². The Labute approximate surface area is 129 Å². The molecule has 0 spiro atoms. The van der Waals surface area contributed by atoms with Gasteiger partial charge in [-0.25, -0.2) is 4.79 Å². The van der Waals surface area contributed by atoms with Crippen LogP contribution in [0.3, 0.4) is 0 Å². The summed E-state index contributed by atoms with van der Waals surface area (Å²) < 4.78 is 4.90. The van der Waals surface area contributed by atoms with E-state index >= 15 is 0 Å². The van der Waals surface area contributed by atoms with E-state index in [1.165, 1.54) is 19.3 Å². The molecule has 118 valence electrons. The second kappa shape index (κ2) is 10.3. The third-order valence-electron chi connectivity index (χ3n) is 3.39. The molecule has 0 heterocycles. The Hall–Kier alpha value is -0.500. The SMILES string of the molecule is CCOC(=O)C=C(C)CCCC(C)CCCC(C)(C)Cl. The highest BCUT2D eigenvalue weighted by molar-refractivity contribution is 6.23. The van der Waals surface area contributed by atoms with Gasteiger partial charge in [-0.15, -0.1) is 11.6 Å². The second-order valence-corrected chi connectivity index (χ2v) is 7.37. The lowest BCUT2D eigenvalue weighted by Gasteiger charge is -2.17. The molecule has 0 bridgehead atoms. The summed E-state index contributed by atoms with van der Waals surface area (Å²) in [5, 5.41) is 0. The molecule has 20 heavy (non-hydrogen) atoms. The van der Waals surface area contributed by atoms with E-state index in [0.717, 1.165) is 30.8 Å². The fraction of sp³-hybridized carbons (Fsp3) is 0.824. The molecule has 3 heteroatoms. The Morgan fingerprint density at radius 1 is 1.30 bits per heavy atom. The molecular weight excluding hydrogens is 272 g/mol. The van der Waals surface area contributed by atoms with Crippen LogP contribution in [0, 0.1) is 5.92 Å². The fourth-order valence-corrected chi connectivity index (χ4v) is 2.34. The molecule has 0 aliphatic rings. The summed E-state index contributed by atoms with van der Waals surface area (Å²) in [6, 6.07) is 0. The van der Waals surface area contributed by atoms with Crippen molar-refractivity contribution in [2.45, 2.75) is 78.0 Å². The van der Waals surface area contributed by atoms with E-state index in [2.05, 4.69) is 20.8 Å². The van der Waals surface area contributed by atoms with Crippen molar-refractivity contribution in [2.24, 2.45) is 5.92 Å². The van der Waals surface area contributed by atoms with Crippen LogP contribution in [-0.2, 0) is 9.53 Å². The number of carbonyl (C=O) groups is 1. The zero-order valence-electron chi connectivity index (χ0n) is 13.8. The Morgan fingerprint density at radius 2 is 1.90 bits per heavy atom.